The number of halogens is 1. The van der Waals surface area contributed by atoms with Crippen molar-refractivity contribution in [2.75, 3.05) is 0 Å². The Hall–Kier alpha value is -1.63. The standard InChI is InChI=1S/C14H10ClNO3S2/c1-9-5-7-10(8-6-9)21(18,19)16-13-11(15)3-2-4-12(13)20-14(16)17/h2-8H,1H3. The largest absolute Gasteiger partial charge is 0.322 e. The molecule has 0 spiro atoms. The maximum Gasteiger partial charge on any atom is 0.322 e. The predicted molar refractivity (Wildman–Crippen MR) is 84.9 cm³/mol. The van der Waals surface area contributed by atoms with Gasteiger partial charge in [-0.25, -0.2) is 8.42 Å². The van der Waals surface area contributed by atoms with Gasteiger partial charge >= 0.3 is 4.87 Å². The van der Waals surface area contributed by atoms with Crippen molar-refractivity contribution >= 4 is 43.2 Å². The molecule has 3 rings (SSSR count). The van der Waals surface area contributed by atoms with Gasteiger partial charge in [-0.3, -0.25) is 4.79 Å². The van der Waals surface area contributed by atoms with Gasteiger partial charge in [-0.1, -0.05) is 46.7 Å². The van der Waals surface area contributed by atoms with E-state index in [1.54, 1.807) is 30.3 Å². The number of benzene rings is 2. The number of rotatable bonds is 2. The Morgan fingerprint density at radius 3 is 2.43 bits per heavy atom. The first-order chi connectivity index (χ1) is 9.91. The van der Waals surface area contributed by atoms with Gasteiger partial charge < -0.3 is 0 Å². The monoisotopic (exact) mass is 339 g/mol. The topological polar surface area (TPSA) is 56.1 Å². The van der Waals surface area contributed by atoms with E-state index in [4.69, 9.17) is 11.6 Å². The quantitative estimate of drug-likeness (QED) is 0.720. The third-order valence-electron chi connectivity index (χ3n) is 3.08. The number of fused-ring (bicyclic) bond motifs is 1. The van der Waals surface area contributed by atoms with Gasteiger partial charge in [0.2, 0.25) is 0 Å². The molecule has 0 saturated carbocycles. The summed E-state index contributed by atoms with van der Waals surface area (Å²) in [7, 11) is -3.96. The zero-order chi connectivity index (χ0) is 15.2. The lowest BCUT2D eigenvalue weighted by molar-refractivity contribution is 0.588. The Morgan fingerprint density at radius 2 is 1.76 bits per heavy atom. The zero-order valence-electron chi connectivity index (χ0n) is 10.9. The summed E-state index contributed by atoms with van der Waals surface area (Å²) >= 11 is 6.94. The summed E-state index contributed by atoms with van der Waals surface area (Å²) in [6, 6.07) is 11.3. The van der Waals surface area contributed by atoms with Crippen molar-refractivity contribution in [2.24, 2.45) is 0 Å². The Balaban J connectivity index is 2.37. The van der Waals surface area contributed by atoms with E-state index in [-0.39, 0.29) is 15.4 Å². The molecule has 21 heavy (non-hydrogen) atoms. The summed E-state index contributed by atoms with van der Waals surface area (Å²) in [6.07, 6.45) is 0. The second kappa shape index (κ2) is 4.98. The number of thiazole rings is 1. The minimum Gasteiger partial charge on any atom is -0.255 e. The minimum absolute atomic E-state index is 0.0646. The number of para-hydroxylation sites is 1. The van der Waals surface area contributed by atoms with Gasteiger partial charge in [-0.05, 0) is 31.2 Å². The smallest absolute Gasteiger partial charge is 0.255 e. The van der Waals surface area contributed by atoms with Crippen LogP contribution in [0, 0.1) is 6.92 Å². The van der Waals surface area contributed by atoms with Crippen LogP contribution < -0.4 is 4.87 Å². The first-order valence-electron chi connectivity index (χ1n) is 6.03. The zero-order valence-corrected chi connectivity index (χ0v) is 13.3. The Kier molecular flexibility index (Phi) is 3.39. The molecule has 2 aromatic carbocycles. The summed E-state index contributed by atoms with van der Waals surface area (Å²) in [5, 5.41) is 0.238. The predicted octanol–water partition coefficient (Wildman–Crippen LogP) is 3.26. The highest BCUT2D eigenvalue weighted by Crippen LogP contribution is 2.28. The lowest BCUT2D eigenvalue weighted by atomic mass is 10.2. The molecule has 0 fully saturated rings. The van der Waals surface area contributed by atoms with Crippen LogP contribution in [-0.2, 0) is 10.0 Å². The number of hydrogen-bond donors (Lipinski definition) is 0. The molecule has 0 bridgehead atoms. The molecule has 0 saturated heterocycles. The molecular weight excluding hydrogens is 330 g/mol. The van der Waals surface area contributed by atoms with Crippen LogP contribution in [0.25, 0.3) is 10.2 Å². The molecule has 1 heterocycles. The van der Waals surface area contributed by atoms with E-state index in [1.165, 1.54) is 12.1 Å². The molecule has 0 aliphatic rings. The third-order valence-corrected chi connectivity index (χ3v) is 6.10. The van der Waals surface area contributed by atoms with Crippen molar-refractivity contribution in [3.8, 4) is 0 Å². The molecule has 3 aromatic rings. The average molecular weight is 340 g/mol. The van der Waals surface area contributed by atoms with E-state index < -0.39 is 14.9 Å². The second-order valence-electron chi connectivity index (χ2n) is 4.54. The number of nitrogens with zero attached hydrogens (tertiary/aromatic N) is 1. The van der Waals surface area contributed by atoms with Gasteiger partial charge in [0, 0.05) is 0 Å². The lowest BCUT2D eigenvalue weighted by Crippen LogP contribution is -2.22. The van der Waals surface area contributed by atoms with Gasteiger partial charge in [0.05, 0.1) is 20.1 Å². The second-order valence-corrected chi connectivity index (χ2v) is 7.72. The van der Waals surface area contributed by atoms with E-state index in [9.17, 15) is 13.2 Å². The van der Waals surface area contributed by atoms with Crippen molar-refractivity contribution in [1.82, 2.24) is 3.97 Å². The maximum absolute atomic E-state index is 12.7. The van der Waals surface area contributed by atoms with Crippen LogP contribution in [0.1, 0.15) is 5.56 Å². The fraction of sp³-hybridized carbons (Fsp3) is 0.0714. The van der Waals surface area contributed by atoms with Crippen LogP contribution in [0.5, 0.6) is 0 Å². The van der Waals surface area contributed by atoms with Crippen molar-refractivity contribution in [3.05, 3.63) is 62.7 Å². The van der Waals surface area contributed by atoms with Crippen molar-refractivity contribution in [2.45, 2.75) is 11.8 Å². The molecule has 0 aliphatic heterocycles. The van der Waals surface area contributed by atoms with Gasteiger partial charge in [0.25, 0.3) is 10.0 Å². The fourth-order valence-electron chi connectivity index (χ4n) is 2.04. The SMILES string of the molecule is Cc1ccc(S(=O)(=O)n2c(=O)sc3cccc(Cl)c32)cc1. The summed E-state index contributed by atoms with van der Waals surface area (Å²) < 4.78 is 26.7. The van der Waals surface area contributed by atoms with E-state index in [0.717, 1.165) is 20.9 Å². The molecule has 0 atom stereocenters. The third kappa shape index (κ3) is 2.29. The number of aryl methyl sites for hydroxylation is 1. The van der Waals surface area contributed by atoms with Crippen molar-refractivity contribution in [3.63, 3.8) is 0 Å². The van der Waals surface area contributed by atoms with E-state index in [2.05, 4.69) is 0 Å². The highest BCUT2D eigenvalue weighted by Gasteiger charge is 2.24. The Morgan fingerprint density at radius 1 is 1.10 bits per heavy atom. The molecular formula is C14H10ClNO3S2. The molecule has 0 N–H and O–H groups in total. The molecule has 0 unspecified atom stereocenters. The summed E-state index contributed by atoms with van der Waals surface area (Å²) in [6.45, 7) is 1.86. The molecule has 7 heteroatoms. The molecule has 0 radical (unpaired) electrons. The normalized spacial score (nSPS) is 11.9. The van der Waals surface area contributed by atoms with E-state index in [1.807, 2.05) is 6.92 Å². The van der Waals surface area contributed by atoms with Gasteiger partial charge in [-0.2, -0.15) is 3.97 Å². The Bertz CT molecular complexity index is 985. The van der Waals surface area contributed by atoms with E-state index >= 15 is 0 Å². The minimum atomic E-state index is -3.96. The highest BCUT2D eigenvalue weighted by atomic mass is 35.5. The molecule has 0 amide bonds. The van der Waals surface area contributed by atoms with Crippen LogP contribution in [0.3, 0.4) is 0 Å². The van der Waals surface area contributed by atoms with Crippen molar-refractivity contribution in [1.29, 1.82) is 0 Å². The van der Waals surface area contributed by atoms with Crippen LogP contribution in [0.2, 0.25) is 5.02 Å². The highest BCUT2D eigenvalue weighted by molar-refractivity contribution is 7.90. The van der Waals surface area contributed by atoms with Gasteiger partial charge in [0.1, 0.15) is 0 Å². The van der Waals surface area contributed by atoms with Gasteiger partial charge in [-0.15, -0.1) is 0 Å². The summed E-state index contributed by atoms with van der Waals surface area (Å²) in [5.74, 6) is 0. The molecule has 0 aliphatic carbocycles. The Labute approximate surface area is 130 Å². The van der Waals surface area contributed by atoms with Crippen LogP contribution in [0.15, 0.2) is 52.2 Å². The van der Waals surface area contributed by atoms with Crippen LogP contribution in [0.4, 0.5) is 0 Å². The number of aromatic nitrogens is 1. The summed E-state index contributed by atoms with van der Waals surface area (Å²) in [4.78, 5) is 11.6. The van der Waals surface area contributed by atoms with Gasteiger partial charge in [0.15, 0.2) is 0 Å². The molecule has 108 valence electrons. The van der Waals surface area contributed by atoms with Crippen molar-refractivity contribution < 1.29 is 8.42 Å². The average Bonchev–Trinajstić information content (AvgIpc) is 2.77. The molecule has 1 aromatic heterocycles. The van der Waals surface area contributed by atoms with Crippen LogP contribution in [-0.4, -0.2) is 12.4 Å². The number of hydrogen-bond acceptors (Lipinski definition) is 4. The maximum atomic E-state index is 12.7. The van der Waals surface area contributed by atoms with E-state index in [0.29, 0.717) is 4.70 Å². The first kappa shape index (κ1) is 14.3. The summed E-state index contributed by atoms with van der Waals surface area (Å²) in [5.41, 5.74) is 1.17. The fourth-order valence-corrected chi connectivity index (χ4v) is 5.00. The van der Waals surface area contributed by atoms with Crippen LogP contribution >= 0.6 is 22.9 Å². The lowest BCUT2D eigenvalue weighted by Gasteiger charge is -2.07. The first-order valence-corrected chi connectivity index (χ1v) is 8.67. The molecule has 4 nitrogen and oxygen atoms in total.